The maximum Gasteiger partial charge on any atom is 0.409 e. The number of hydrogen-bond donors (Lipinski definition) is 1. The fraction of sp³-hybridized carbons (Fsp3) is 0.900. The van der Waals surface area contributed by atoms with Crippen molar-refractivity contribution < 1.29 is 9.53 Å². The van der Waals surface area contributed by atoms with E-state index in [0.717, 1.165) is 19.6 Å². The summed E-state index contributed by atoms with van der Waals surface area (Å²) in [6.07, 6.45) is -0.161. The van der Waals surface area contributed by atoms with E-state index in [1.165, 1.54) is 0 Å². The van der Waals surface area contributed by atoms with Crippen molar-refractivity contribution in [2.24, 2.45) is 11.8 Å². The van der Waals surface area contributed by atoms with Gasteiger partial charge in [-0.25, -0.2) is 4.79 Å². The average Bonchev–Trinajstić information content (AvgIpc) is 2.10. The Bertz CT molecular complexity index is 195. The molecule has 1 rings (SSSR count). The Morgan fingerprint density at radius 3 is 2.93 bits per heavy atom. The standard InChI is InChI=1S/C10H20N2O2/c1-8(2)5-12-6-9(4-11-3)7-14-10(12)13/h8-9,11H,4-7H2,1-3H3. The van der Waals surface area contributed by atoms with Crippen LogP contribution in [-0.4, -0.2) is 44.3 Å². The predicted molar refractivity (Wildman–Crippen MR) is 55.2 cm³/mol. The van der Waals surface area contributed by atoms with E-state index in [9.17, 15) is 4.79 Å². The Labute approximate surface area is 85.6 Å². The molecule has 1 aliphatic rings. The lowest BCUT2D eigenvalue weighted by Gasteiger charge is -2.33. The number of rotatable bonds is 4. The summed E-state index contributed by atoms with van der Waals surface area (Å²) >= 11 is 0. The van der Waals surface area contributed by atoms with Gasteiger partial charge >= 0.3 is 6.09 Å². The summed E-state index contributed by atoms with van der Waals surface area (Å²) in [4.78, 5) is 13.2. The summed E-state index contributed by atoms with van der Waals surface area (Å²) in [5, 5.41) is 3.11. The first-order valence-electron chi connectivity index (χ1n) is 5.19. The number of nitrogens with one attached hydrogen (secondary N) is 1. The minimum absolute atomic E-state index is 0.161. The Morgan fingerprint density at radius 2 is 2.36 bits per heavy atom. The lowest BCUT2D eigenvalue weighted by Crippen LogP contribution is -2.47. The molecule has 1 fully saturated rings. The minimum atomic E-state index is -0.161. The normalized spacial score (nSPS) is 22.7. The zero-order valence-electron chi connectivity index (χ0n) is 9.25. The molecule has 0 aromatic rings. The Balaban J connectivity index is 2.42. The van der Waals surface area contributed by atoms with Crippen LogP contribution in [0.1, 0.15) is 13.8 Å². The second-order valence-electron chi connectivity index (χ2n) is 4.30. The first-order chi connectivity index (χ1) is 6.63. The summed E-state index contributed by atoms with van der Waals surface area (Å²) < 4.78 is 5.10. The van der Waals surface area contributed by atoms with Gasteiger partial charge in [0.2, 0.25) is 0 Å². The summed E-state index contributed by atoms with van der Waals surface area (Å²) in [5.74, 6) is 0.923. The number of cyclic esters (lactones) is 1. The van der Waals surface area contributed by atoms with Crippen molar-refractivity contribution in [3.05, 3.63) is 0 Å². The molecule has 0 spiro atoms. The van der Waals surface area contributed by atoms with Gasteiger partial charge < -0.3 is 15.0 Å². The van der Waals surface area contributed by atoms with Crippen LogP contribution in [0.15, 0.2) is 0 Å². The van der Waals surface area contributed by atoms with Crippen LogP contribution in [0.4, 0.5) is 4.79 Å². The largest absolute Gasteiger partial charge is 0.449 e. The van der Waals surface area contributed by atoms with E-state index in [2.05, 4.69) is 19.2 Å². The Hall–Kier alpha value is -0.770. The van der Waals surface area contributed by atoms with E-state index in [1.54, 1.807) is 4.90 Å². The van der Waals surface area contributed by atoms with E-state index in [4.69, 9.17) is 4.74 Å². The molecular formula is C10H20N2O2. The molecule has 1 atom stereocenters. The topological polar surface area (TPSA) is 41.6 Å². The highest BCUT2D eigenvalue weighted by molar-refractivity contribution is 5.68. The summed E-state index contributed by atoms with van der Waals surface area (Å²) in [7, 11) is 1.92. The molecule has 0 radical (unpaired) electrons. The molecule has 0 bridgehead atoms. The van der Waals surface area contributed by atoms with Gasteiger partial charge in [0.1, 0.15) is 0 Å². The molecule has 4 heteroatoms. The zero-order valence-corrected chi connectivity index (χ0v) is 9.25. The first kappa shape index (κ1) is 11.3. The van der Waals surface area contributed by atoms with E-state index in [1.807, 2.05) is 7.05 Å². The summed E-state index contributed by atoms with van der Waals surface area (Å²) in [6.45, 7) is 7.27. The van der Waals surface area contributed by atoms with E-state index >= 15 is 0 Å². The van der Waals surface area contributed by atoms with E-state index in [0.29, 0.717) is 18.4 Å². The number of ether oxygens (including phenoxy) is 1. The van der Waals surface area contributed by atoms with Crippen molar-refractivity contribution in [3.63, 3.8) is 0 Å². The number of carbonyl (C=O) groups excluding carboxylic acids is 1. The van der Waals surface area contributed by atoms with Crippen LogP contribution in [0.3, 0.4) is 0 Å². The van der Waals surface area contributed by atoms with Gasteiger partial charge in [0.15, 0.2) is 0 Å². The molecule has 4 nitrogen and oxygen atoms in total. The van der Waals surface area contributed by atoms with Gasteiger partial charge in [-0.15, -0.1) is 0 Å². The highest BCUT2D eigenvalue weighted by Crippen LogP contribution is 2.12. The van der Waals surface area contributed by atoms with Gasteiger partial charge in [-0.2, -0.15) is 0 Å². The van der Waals surface area contributed by atoms with Crippen molar-refractivity contribution in [1.82, 2.24) is 10.2 Å². The molecule has 1 heterocycles. The molecule has 0 aromatic carbocycles. The van der Waals surface area contributed by atoms with Crippen molar-refractivity contribution in [2.45, 2.75) is 13.8 Å². The van der Waals surface area contributed by atoms with E-state index in [-0.39, 0.29) is 6.09 Å². The maximum atomic E-state index is 11.4. The van der Waals surface area contributed by atoms with Crippen LogP contribution in [0.5, 0.6) is 0 Å². The van der Waals surface area contributed by atoms with E-state index < -0.39 is 0 Å². The predicted octanol–water partition coefficient (Wildman–Crippen LogP) is 0.930. The molecule has 0 aromatic heterocycles. The van der Waals surface area contributed by atoms with Crippen molar-refractivity contribution in [3.8, 4) is 0 Å². The third kappa shape index (κ3) is 3.18. The SMILES string of the molecule is CNCC1COC(=O)N(CC(C)C)C1. The van der Waals surface area contributed by atoms with Crippen LogP contribution in [-0.2, 0) is 4.74 Å². The van der Waals surface area contributed by atoms with Gasteiger partial charge in [0.25, 0.3) is 0 Å². The lowest BCUT2D eigenvalue weighted by molar-refractivity contribution is 0.0395. The first-order valence-corrected chi connectivity index (χ1v) is 5.19. The monoisotopic (exact) mass is 200 g/mol. The molecule has 1 saturated heterocycles. The minimum Gasteiger partial charge on any atom is -0.449 e. The van der Waals surface area contributed by atoms with Gasteiger partial charge in [-0.05, 0) is 13.0 Å². The van der Waals surface area contributed by atoms with Crippen LogP contribution >= 0.6 is 0 Å². The molecule has 1 aliphatic heterocycles. The lowest BCUT2D eigenvalue weighted by atomic mass is 10.1. The van der Waals surface area contributed by atoms with Crippen LogP contribution in [0, 0.1) is 11.8 Å². The quantitative estimate of drug-likeness (QED) is 0.734. The van der Waals surface area contributed by atoms with Crippen LogP contribution < -0.4 is 5.32 Å². The second-order valence-corrected chi connectivity index (χ2v) is 4.30. The Kier molecular flexibility index (Phi) is 4.20. The fourth-order valence-electron chi connectivity index (χ4n) is 1.72. The van der Waals surface area contributed by atoms with Crippen molar-refractivity contribution in [1.29, 1.82) is 0 Å². The maximum absolute atomic E-state index is 11.4. The molecule has 1 N–H and O–H groups in total. The Morgan fingerprint density at radius 1 is 1.64 bits per heavy atom. The van der Waals surface area contributed by atoms with Gasteiger partial charge in [-0.1, -0.05) is 13.8 Å². The zero-order chi connectivity index (χ0) is 10.6. The molecule has 1 amide bonds. The molecule has 0 aliphatic carbocycles. The summed E-state index contributed by atoms with van der Waals surface area (Å²) in [6, 6.07) is 0. The van der Waals surface area contributed by atoms with Gasteiger partial charge in [0.05, 0.1) is 6.61 Å². The third-order valence-electron chi connectivity index (χ3n) is 2.26. The number of amides is 1. The highest BCUT2D eigenvalue weighted by Gasteiger charge is 2.26. The van der Waals surface area contributed by atoms with Crippen LogP contribution in [0.25, 0.3) is 0 Å². The van der Waals surface area contributed by atoms with Crippen molar-refractivity contribution >= 4 is 6.09 Å². The fourth-order valence-corrected chi connectivity index (χ4v) is 1.72. The highest BCUT2D eigenvalue weighted by atomic mass is 16.6. The number of hydrogen-bond acceptors (Lipinski definition) is 3. The molecule has 0 saturated carbocycles. The molecule has 82 valence electrons. The van der Waals surface area contributed by atoms with Crippen molar-refractivity contribution in [2.75, 3.05) is 33.3 Å². The second kappa shape index (κ2) is 5.20. The van der Waals surface area contributed by atoms with Gasteiger partial charge in [0, 0.05) is 25.6 Å². The smallest absolute Gasteiger partial charge is 0.409 e. The number of carbonyl (C=O) groups is 1. The summed E-state index contributed by atoms with van der Waals surface area (Å²) in [5.41, 5.74) is 0. The third-order valence-corrected chi connectivity index (χ3v) is 2.26. The van der Waals surface area contributed by atoms with Gasteiger partial charge in [-0.3, -0.25) is 0 Å². The average molecular weight is 200 g/mol. The molecule has 14 heavy (non-hydrogen) atoms. The number of nitrogens with zero attached hydrogens (tertiary/aromatic N) is 1. The molecule has 1 unspecified atom stereocenters. The van der Waals surface area contributed by atoms with Crippen LogP contribution in [0.2, 0.25) is 0 Å². The molecular weight excluding hydrogens is 180 g/mol.